The van der Waals surface area contributed by atoms with Gasteiger partial charge in [0.1, 0.15) is 17.0 Å². The molecule has 0 amide bonds. The van der Waals surface area contributed by atoms with E-state index in [0.29, 0.717) is 17.9 Å². The first-order valence-corrected chi connectivity index (χ1v) is 6.94. The van der Waals surface area contributed by atoms with Crippen molar-refractivity contribution in [3.05, 3.63) is 28.5 Å². The monoisotopic (exact) mass is 331 g/mol. The first kappa shape index (κ1) is 11.7. The zero-order valence-corrected chi connectivity index (χ0v) is 11.9. The summed E-state index contributed by atoms with van der Waals surface area (Å²) in [5.41, 5.74) is 9.87. The van der Waals surface area contributed by atoms with Crippen LogP contribution in [0.2, 0.25) is 0 Å². The largest absolute Gasteiger partial charge is 0.492 e. The molecule has 0 saturated carbocycles. The van der Waals surface area contributed by atoms with E-state index in [0.717, 1.165) is 27.7 Å². The minimum absolute atomic E-state index is 0.200. The summed E-state index contributed by atoms with van der Waals surface area (Å²) in [4.78, 5) is 15.7. The molecule has 0 bridgehead atoms. The first-order chi connectivity index (χ1) is 9.72. The molecule has 3 heterocycles. The quantitative estimate of drug-likeness (QED) is 0.714. The maximum Gasteiger partial charge on any atom is 0.222 e. The van der Waals surface area contributed by atoms with E-state index in [1.807, 2.05) is 6.07 Å². The molecule has 100 valence electrons. The maximum absolute atomic E-state index is 5.78. The number of imidazole rings is 1. The highest BCUT2D eigenvalue weighted by molar-refractivity contribution is 9.10. The Bertz CT molecular complexity index is 829. The number of nitrogens with two attached hydrogens (primary N) is 1. The Morgan fingerprint density at radius 2 is 2.20 bits per heavy atom. The number of hydrogen-bond donors (Lipinski definition) is 2. The summed E-state index contributed by atoms with van der Waals surface area (Å²) in [6.45, 7) is 0.686. The maximum atomic E-state index is 5.78. The van der Waals surface area contributed by atoms with Gasteiger partial charge in [0, 0.05) is 16.5 Å². The zero-order chi connectivity index (χ0) is 13.7. The van der Waals surface area contributed by atoms with Gasteiger partial charge in [0.25, 0.3) is 0 Å². The first-order valence-electron chi connectivity index (χ1n) is 6.14. The van der Waals surface area contributed by atoms with E-state index in [-0.39, 0.29) is 5.95 Å². The van der Waals surface area contributed by atoms with E-state index in [1.54, 1.807) is 6.33 Å². The Hall–Kier alpha value is -2.15. The van der Waals surface area contributed by atoms with Crippen LogP contribution in [0.1, 0.15) is 5.56 Å². The number of aromatic amines is 1. The van der Waals surface area contributed by atoms with Gasteiger partial charge < -0.3 is 15.5 Å². The Balaban J connectivity index is 2.07. The molecule has 0 fully saturated rings. The fourth-order valence-electron chi connectivity index (χ4n) is 2.49. The summed E-state index contributed by atoms with van der Waals surface area (Å²) in [6, 6.07) is 4.05. The minimum Gasteiger partial charge on any atom is -0.492 e. The highest BCUT2D eigenvalue weighted by Crippen LogP contribution is 2.40. The fourth-order valence-corrected chi connectivity index (χ4v) is 3.00. The van der Waals surface area contributed by atoms with Crippen molar-refractivity contribution in [3.8, 4) is 17.0 Å². The normalized spacial score (nSPS) is 13.4. The smallest absolute Gasteiger partial charge is 0.222 e. The number of ether oxygens (including phenoxy) is 1. The molecule has 0 aliphatic carbocycles. The Kier molecular flexibility index (Phi) is 2.43. The lowest BCUT2D eigenvalue weighted by Gasteiger charge is -2.09. The van der Waals surface area contributed by atoms with E-state index in [9.17, 15) is 0 Å². The van der Waals surface area contributed by atoms with Crippen LogP contribution < -0.4 is 10.5 Å². The van der Waals surface area contributed by atoms with Crippen LogP contribution in [-0.2, 0) is 6.42 Å². The van der Waals surface area contributed by atoms with Crippen LogP contribution in [0.15, 0.2) is 22.9 Å². The van der Waals surface area contributed by atoms with Gasteiger partial charge >= 0.3 is 0 Å². The fraction of sp³-hybridized carbons (Fsp3) is 0.154. The van der Waals surface area contributed by atoms with Crippen molar-refractivity contribution in [1.29, 1.82) is 0 Å². The van der Waals surface area contributed by atoms with Crippen LogP contribution in [-0.4, -0.2) is 26.5 Å². The van der Waals surface area contributed by atoms with Crippen LogP contribution in [0.4, 0.5) is 5.95 Å². The second-order valence-corrected chi connectivity index (χ2v) is 5.49. The van der Waals surface area contributed by atoms with Gasteiger partial charge in [0.15, 0.2) is 5.65 Å². The summed E-state index contributed by atoms with van der Waals surface area (Å²) in [5.74, 6) is 1.06. The molecule has 4 rings (SSSR count). The van der Waals surface area contributed by atoms with E-state index < -0.39 is 0 Å². The molecule has 3 aromatic rings. The van der Waals surface area contributed by atoms with Gasteiger partial charge in [-0.15, -0.1) is 0 Å². The standard InChI is InChI=1S/C13H10BrN5O/c14-7-3-6-1-2-20-11(6)8(4-7)9-10-12(17-5-16-10)19-13(15)18-9/h3-5H,1-2H2,(H3,15,16,17,18,19). The van der Waals surface area contributed by atoms with E-state index >= 15 is 0 Å². The molecule has 1 aliphatic heterocycles. The van der Waals surface area contributed by atoms with Crippen LogP contribution >= 0.6 is 15.9 Å². The lowest BCUT2D eigenvalue weighted by molar-refractivity contribution is 0.358. The third kappa shape index (κ3) is 1.66. The molecule has 0 spiro atoms. The van der Waals surface area contributed by atoms with E-state index in [4.69, 9.17) is 10.5 Å². The van der Waals surface area contributed by atoms with Gasteiger partial charge in [-0.05, 0) is 17.7 Å². The van der Waals surface area contributed by atoms with E-state index in [1.165, 1.54) is 5.56 Å². The Morgan fingerprint density at radius 1 is 1.30 bits per heavy atom. The van der Waals surface area contributed by atoms with Gasteiger partial charge in [-0.3, -0.25) is 0 Å². The molecule has 0 saturated heterocycles. The third-order valence-corrected chi connectivity index (χ3v) is 3.76. The van der Waals surface area contributed by atoms with Gasteiger partial charge in [0.2, 0.25) is 5.95 Å². The summed E-state index contributed by atoms with van der Waals surface area (Å²) in [7, 11) is 0. The molecule has 1 aromatic carbocycles. The number of halogens is 1. The predicted octanol–water partition coefficient (Wildman–Crippen LogP) is 2.30. The van der Waals surface area contributed by atoms with Crippen LogP contribution in [0.5, 0.6) is 5.75 Å². The SMILES string of the molecule is Nc1nc(-c2cc(Br)cc3c2OCC3)c2[nH]cnc2n1. The summed E-state index contributed by atoms with van der Waals surface area (Å²) >= 11 is 3.53. The number of nitrogen functional groups attached to an aromatic ring is 1. The number of nitrogens with zero attached hydrogens (tertiary/aromatic N) is 3. The summed E-state index contributed by atoms with van der Waals surface area (Å²) in [6.07, 6.45) is 2.48. The van der Waals surface area contributed by atoms with Crippen molar-refractivity contribution in [1.82, 2.24) is 19.9 Å². The molecule has 3 N–H and O–H groups in total. The lowest BCUT2D eigenvalue weighted by atomic mass is 10.0. The number of benzene rings is 1. The molecule has 7 heteroatoms. The van der Waals surface area contributed by atoms with E-state index in [2.05, 4.69) is 41.9 Å². The molecular weight excluding hydrogens is 322 g/mol. The topological polar surface area (TPSA) is 89.7 Å². The average molecular weight is 332 g/mol. The highest BCUT2D eigenvalue weighted by atomic mass is 79.9. The predicted molar refractivity (Wildman–Crippen MR) is 78.4 cm³/mol. The molecule has 2 aromatic heterocycles. The summed E-state index contributed by atoms with van der Waals surface area (Å²) < 4.78 is 6.74. The lowest BCUT2D eigenvalue weighted by Crippen LogP contribution is -1.99. The van der Waals surface area contributed by atoms with Gasteiger partial charge in [-0.1, -0.05) is 15.9 Å². The molecule has 1 aliphatic rings. The average Bonchev–Trinajstić information content (AvgIpc) is 3.04. The number of rotatable bonds is 1. The van der Waals surface area contributed by atoms with Crippen molar-refractivity contribution in [2.75, 3.05) is 12.3 Å². The molecular formula is C13H10BrN5O. The molecule has 6 nitrogen and oxygen atoms in total. The van der Waals surface area contributed by atoms with Gasteiger partial charge in [-0.25, -0.2) is 9.97 Å². The van der Waals surface area contributed by atoms with Gasteiger partial charge in [-0.2, -0.15) is 4.98 Å². The van der Waals surface area contributed by atoms with Gasteiger partial charge in [0.05, 0.1) is 12.9 Å². The number of hydrogen-bond acceptors (Lipinski definition) is 5. The van der Waals surface area contributed by atoms with Crippen LogP contribution in [0, 0.1) is 0 Å². The number of fused-ring (bicyclic) bond motifs is 2. The van der Waals surface area contributed by atoms with Crippen molar-refractivity contribution in [3.63, 3.8) is 0 Å². The molecule has 0 radical (unpaired) electrons. The molecule has 0 atom stereocenters. The number of anilines is 1. The Morgan fingerprint density at radius 3 is 3.10 bits per heavy atom. The second-order valence-electron chi connectivity index (χ2n) is 4.57. The number of aromatic nitrogens is 4. The second kappa shape index (κ2) is 4.17. The minimum atomic E-state index is 0.200. The van der Waals surface area contributed by atoms with Crippen molar-refractivity contribution in [2.24, 2.45) is 0 Å². The molecule has 20 heavy (non-hydrogen) atoms. The van der Waals surface area contributed by atoms with Crippen molar-refractivity contribution < 1.29 is 4.74 Å². The molecule has 0 unspecified atom stereocenters. The number of H-pyrrole nitrogens is 1. The zero-order valence-electron chi connectivity index (χ0n) is 10.4. The van der Waals surface area contributed by atoms with Crippen LogP contribution in [0.3, 0.4) is 0 Å². The van der Waals surface area contributed by atoms with Crippen molar-refractivity contribution >= 4 is 33.0 Å². The third-order valence-electron chi connectivity index (χ3n) is 3.31. The van der Waals surface area contributed by atoms with Crippen molar-refractivity contribution in [2.45, 2.75) is 6.42 Å². The summed E-state index contributed by atoms with van der Waals surface area (Å²) in [5, 5.41) is 0. The number of nitrogens with one attached hydrogen (secondary N) is 1. The highest BCUT2D eigenvalue weighted by Gasteiger charge is 2.22. The Labute approximate surface area is 122 Å². The van der Waals surface area contributed by atoms with Crippen LogP contribution in [0.25, 0.3) is 22.4 Å².